The fourth-order valence-corrected chi connectivity index (χ4v) is 3.01. The van der Waals surface area contributed by atoms with Crippen LogP contribution in [0.2, 0.25) is 5.02 Å². The van der Waals surface area contributed by atoms with Gasteiger partial charge in [-0.1, -0.05) is 23.7 Å². The van der Waals surface area contributed by atoms with Gasteiger partial charge < -0.3 is 14.8 Å². The van der Waals surface area contributed by atoms with Crippen molar-refractivity contribution in [1.82, 2.24) is 0 Å². The number of nitrogens with one attached hydrogen (secondary N) is 1. The van der Waals surface area contributed by atoms with Crippen LogP contribution in [0, 0.1) is 0 Å². The average Bonchev–Trinajstić information content (AvgIpc) is 2.52. The molecule has 0 saturated carbocycles. The molecule has 1 aliphatic rings. The van der Waals surface area contributed by atoms with E-state index in [0.717, 1.165) is 16.8 Å². The first-order chi connectivity index (χ1) is 10.6. The van der Waals surface area contributed by atoms with Crippen LogP contribution in [-0.2, 0) is 4.79 Å². The number of carbonyl (C=O) groups is 1. The molecule has 4 nitrogen and oxygen atoms in total. The zero-order valence-electron chi connectivity index (χ0n) is 12.4. The molecule has 0 unspecified atom stereocenters. The van der Waals surface area contributed by atoms with Crippen LogP contribution in [0.3, 0.4) is 0 Å². The van der Waals surface area contributed by atoms with Gasteiger partial charge in [0.2, 0.25) is 5.91 Å². The molecule has 0 bridgehead atoms. The molecule has 5 heteroatoms. The first kappa shape index (κ1) is 14.7. The monoisotopic (exact) mass is 317 g/mol. The maximum atomic E-state index is 12.0. The summed E-state index contributed by atoms with van der Waals surface area (Å²) >= 11 is 6.09. The van der Waals surface area contributed by atoms with Gasteiger partial charge in [0.05, 0.1) is 14.2 Å². The third-order valence-corrected chi connectivity index (χ3v) is 4.08. The molecule has 1 aliphatic heterocycles. The van der Waals surface area contributed by atoms with Gasteiger partial charge in [0.15, 0.2) is 11.5 Å². The smallest absolute Gasteiger partial charge is 0.225 e. The molecule has 1 heterocycles. The van der Waals surface area contributed by atoms with Crippen molar-refractivity contribution in [2.45, 2.75) is 12.3 Å². The molecule has 1 atom stereocenters. The zero-order chi connectivity index (χ0) is 15.7. The predicted octanol–water partition coefficient (Wildman–Crippen LogP) is 3.83. The number of amides is 1. The molecule has 114 valence electrons. The molecule has 22 heavy (non-hydrogen) atoms. The summed E-state index contributed by atoms with van der Waals surface area (Å²) in [6.07, 6.45) is 0.378. The lowest BCUT2D eigenvalue weighted by molar-refractivity contribution is -0.116. The highest BCUT2D eigenvalue weighted by atomic mass is 35.5. The van der Waals surface area contributed by atoms with Gasteiger partial charge in [-0.3, -0.25) is 4.79 Å². The molecule has 1 amide bonds. The quantitative estimate of drug-likeness (QED) is 0.936. The van der Waals surface area contributed by atoms with E-state index in [1.807, 2.05) is 30.3 Å². The summed E-state index contributed by atoms with van der Waals surface area (Å²) < 4.78 is 10.7. The Morgan fingerprint density at radius 3 is 2.55 bits per heavy atom. The normalized spacial score (nSPS) is 16.7. The summed E-state index contributed by atoms with van der Waals surface area (Å²) in [5, 5.41) is 3.55. The molecule has 0 saturated heterocycles. The Balaban J connectivity index is 2.14. The van der Waals surface area contributed by atoms with Crippen LogP contribution < -0.4 is 14.8 Å². The maximum Gasteiger partial charge on any atom is 0.225 e. The lowest BCUT2D eigenvalue weighted by Gasteiger charge is -2.27. The second-order valence-electron chi connectivity index (χ2n) is 5.15. The van der Waals surface area contributed by atoms with Crippen LogP contribution in [0.15, 0.2) is 36.4 Å². The van der Waals surface area contributed by atoms with E-state index in [1.165, 1.54) is 0 Å². The van der Waals surface area contributed by atoms with Crippen molar-refractivity contribution in [2.24, 2.45) is 0 Å². The summed E-state index contributed by atoms with van der Waals surface area (Å²) in [7, 11) is 3.17. The number of benzene rings is 2. The number of ether oxygens (including phenoxy) is 2. The van der Waals surface area contributed by atoms with Gasteiger partial charge in [-0.2, -0.15) is 0 Å². The van der Waals surface area contributed by atoms with Gasteiger partial charge in [0.25, 0.3) is 0 Å². The highest BCUT2D eigenvalue weighted by Gasteiger charge is 2.28. The number of anilines is 1. The van der Waals surface area contributed by atoms with E-state index in [4.69, 9.17) is 21.1 Å². The van der Waals surface area contributed by atoms with E-state index < -0.39 is 0 Å². The van der Waals surface area contributed by atoms with Crippen molar-refractivity contribution in [1.29, 1.82) is 0 Å². The van der Waals surface area contributed by atoms with E-state index in [2.05, 4.69) is 5.32 Å². The third kappa shape index (κ3) is 2.62. The SMILES string of the molecule is COc1cc2c(cc1OC)[C@@H](c1cccc(Cl)c1)CC(=O)N2. The summed E-state index contributed by atoms with van der Waals surface area (Å²) in [6, 6.07) is 11.3. The van der Waals surface area contributed by atoms with Gasteiger partial charge in [-0.25, -0.2) is 0 Å². The molecular formula is C17H16ClNO3. The molecule has 0 aliphatic carbocycles. The number of methoxy groups -OCH3 is 2. The molecule has 2 aromatic carbocycles. The fourth-order valence-electron chi connectivity index (χ4n) is 2.81. The van der Waals surface area contributed by atoms with Gasteiger partial charge in [0, 0.05) is 29.1 Å². The second-order valence-corrected chi connectivity index (χ2v) is 5.59. The lowest BCUT2D eigenvalue weighted by Crippen LogP contribution is -2.23. The molecule has 0 fully saturated rings. The van der Waals surface area contributed by atoms with Crippen molar-refractivity contribution in [3.05, 3.63) is 52.5 Å². The highest BCUT2D eigenvalue weighted by molar-refractivity contribution is 6.30. The topological polar surface area (TPSA) is 47.6 Å². The summed E-state index contributed by atoms with van der Waals surface area (Å²) in [5.41, 5.74) is 2.76. The number of rotatable bonds is 3. The third-order valence-electron chi connectivity index (χ3n) is 3.85. The van der Waals surface area contributed by atoms with Crippen molar-refractivity contribution >= 4 is 23.2 Å². The Hall–Kier alpha value is -2.20. The number of halogens is 1. The Bertz CT molecular complexity index is 730. The van der Waals surface area contributed by atoms with Gasteiger partial charge in [0.1, 0.15) is 0 Å². The van der Waals surface area contributed by atoms with Crippen LogP contribution in [0.25, 0.3) is 0 Å². The van der Waals surface area contributed by atoms with E-state index in [1.54, 1.807) is 20.3 Å². The molecule has 0 radical (unpaired) electrons. The average molecular weight is 318 g/mol. The zero-order valence-corrected chi connectivity index (χ0v) is 13.1. The van der Waals surface area contributed by atoms with E-state index >= 15 is 0 Å². The van der Waals surface area contributed by atoms with Crippen LogP contribution in [0.1, 0.15) is 23.5 Å². The Labute approximate surface area is 134 Å². The minimum Gasteiger partial charge on any atom is -0.493 e. The second kappa shape index (κ2) is 5.89. The molecule has 2 aromatic rings. The number of hydrogen-bond donors (Lipinski definition) is 1. The molecule has 1 N–H and O–H groups in total. The number of fused-ring (bicyclic) bond motifs is 1. The van der Waals surface area contributed by atoms with Crippen LogP contribution in [0.4, 0.5) is 5.69 Å². The van der Waals surface area contributed by atoms with Crippen molar-refractivity contribution in [2.75, 3.05) is 19.5 Å². The van der Waals surface area contributed by atoms with E-state index in [-0.39, 0.29) is 11.8 Å². The summed E-state index contributed by atoms with van der Waals surface area (Å²) in [4.78, 5) is 12.0. The first-order valence-corrected chi connectivity index (χ1v) is 7.31. The van der Waals surface area contributed by atoms with Crippen molar-refractivity contribution in [3.8, 4) is 11.5 Å². The Morgan fingerprint density at radius 1 is 1.14 bits per heavy atom. The highest BCUT2D eigenvalue weighted by Crippen LogP contribution is 2.43. The minimum atomic E-state index is -0.0535. The summed E-state index contributed by atoms with van der Waals surface area (Å²) in [6.45, 7) is 0. The fraction of sp³-hybridized carbons (Fsp3) is 0.235. The molecular weight excluding hydrogens is 302 g/mol. The number of carbonyl (C=O) groups excluding carboxylic acids is 1. The number of hydrogen-bond acceptors (Lipinski definition) is 3. The largest absolute Gasteiger partial charge is 0.493 e. The minimum absolute atomic E-state index is 0.0234. The lowest BCUT2D eigenvalue weighted by atomic mass is 9.84. The first-order valence-electron chi connectivity index (χ1n) is 6.93. The van der Waals surface area contributed by atoms with E-state index in [9.17, 15) is 4.79 Å². The van der Waals surface area contributed by atoms with Crippen LogP contribution >= 0.6 is 11.6 Å². The molecule has 0 spiro atoms. The van der Waals surface area contributed by atoms with Crippen LogP contribution in [0.5, 0.6) is 11.5 Å². The van der Waals surface area contributed by atoms with Crippen LogP contribution in [-0.4, -0.2) is 20.1 Å². The Morgan fingerprint density at radius 2 is 1.86 bits per heavy atom. The standard InChI is InChI=1S/C17H16ClNO3/c1-21-15-7-13-12(10-4-3-5-11(18)6-10)8-17(20)19-14(13)9-16(15)22-2/h3-7,9,12H,8H2,1-2H3,(H,19,20)/t12-/m1/s1. The van der Waals surface area contributed by atoms with Gasteiger partial charge >= 0.3 is 0 Å². The summed E-state index contributed by atoms with van der Waals surface area (Å²) in [5.74, 6) is 1.16. The maximum absolute atomic E-state index is 12.0. The predicted molar refractivity (Wildman–Crippen MR) is 86.1 cm³/mol. The van der Waals surface area contributed by atoms with Crippen molar-refractivity contribution < 1.29 is 14.3 Å². The molecule has 0 aromatic heterocycles. The van der Waals surface area contributed by atoms with Gasteiger partial charge in [-0.15, -0.1) is 0 Å². The van der Waals surface area contributed by atoms with Crippen molar-refractivity contribution in [3.63, 3.8) is 0 Å². The Kier molecular flexibility index (Phi) is 3.94. The van der Waals surface area contributed by atoms with Gasteiger partial charge in [-0.05, 0) is 29.3 Å². The van der Waals surface area contributed by atoms with E-state index in [0.29, 0.717) is 22.9 Å². The molecule has 3 rings (SSSR count).